The number of nitrogens with zero attached hydrogens (tertiary/aromatic N) is 1. The number of carbonyl (C=O) groups excluding carboxylic acids is 3. The minimum atomic E-state index is -1.21. The molecular formula is C30H38N6O5. The Hall–Kier alpha value is -4.51. The molecule has 2 aromatic carbocycles. The van der Waals surface area contributed by atoms with Crippen molar-refractivity contribution >= 4 is 23.7 Å². The monoisotopic (exact) mass is 562 g/mol. The van der Waals surface area contributed by atoms with Gasteiger partial charge in [0.2, 0.25) is 17.7 Å². The zero-order valence-electron chi connectivity index (χ0n) is 23.2. The van der Waals surface area contributed by atoms with Gasteiger partial charge in [-0.3, -0.25) is 14.4 Å². The van der Waals surface area contributed by atoms with Crippen LogP contribution in [0.4, 0.5) is 0 Å². The molecule has 0 fully saturated rings. The summed E-state index contributed by atoms with van der Waals surface area (Å²) in [5.41, 5.74) is 8.20. The Balaban J connectivity index is 1.82. The van der Waals surface area contributed by atoms with Crippen molar-refractivity contribution in [2.75, 3.05) is 0 Å². The van der Waals surface area contributed by atoms with Gasteiger partial charge in [-0.25, -0.2) is 9.78 Å². The summed E-state index contributed by atoms with van der Waals surface area (Å²) in [6.07, 6.45) is 3.93. The summed E-state index contributed by atoms with van der Waals surface area (Å²) in [5, 5.41) is 17.9. The van der Waals surface area contributed by atoms with Crippen LogP contribution >= 0.6 is 0 Å². The molecule has 0 aliphatic rings. The molecule has 1 heterocycles. The first-order valence-corrected chi connectivity index (χ1v) is 13.6. The molecule has 0 saturated heterocycles. The van der Waals surface area contributed by atoms with Gasteiger partial charge in [-0.2, -0.15) is 0 Å². The Labute approximate surface area is 239 Å². The maximum Gasteiger partial charge on any atom is 0.326 e. The van der Waals surface area contributed by atoms with Crippen LogP contribution in [0.3, 0.4) is 0 Å². The predicted octanol–water partition coefficient (Wildman–Crippen LogP) is 1.35. The Kier molecular flexibility index (Phi) is 11.6. The summed E-state index contributed by atoms with van der Waals surface area (Å²) in [7, 11) is 0. The number of nitrogens with two attached hydrogens (primary N) is 1. The zero-order valence-corrected chi connectivity index (χ0v) is 23.2. The lowest BCUT2D eigenvalue weighted by molar-refractivity contribution is -0.142. The molecule has 7 N–H and O–H groups in total. The molecule has 11 heteroatoms. The first-order valence-electron chi connectivity index (χ1n) is 13.6. The number of amides is 3. The third kappa shape index (κ3) is 9.57. The number of H-pyrrole nitrogens is 1. The Morgan fingerprint density at radius 2 is 1.29 bits per heavy atom. The topological polar surface area (TPSA) is 179 Å². The number of carboxylic acid groups (broad SMARTS) is 1. The average Bonchev–Trinajstić information content (AvgIpc) is 3.49. The number of aromatic amines is 1. The van der Waals surface area contributed by atoms with Crippen molar-refractivity contribution in [1.29, 1.82) is 0 Å². The summed E-state index contributed by atoms with van der Waals surface area (Å²) in [5.74, 6) is -3.07. The predicted molar refractivity (Wildman–Crippen MR) is 153 cm³/mol. The van der Waals surface area contributed by atoms with Crippen molar-refractivity contribution in [2.24, 2.45) is 11.7 Å². The van der Waals surface area contributed by atoms with Gasteiger partial charge in [0.15, 0.2) is 0 Å². The highest BCUT2D eigenvalue weighted by molar-refractivity contribution is 5.94. The van der Waals surface area contributed by atoms with E-state index in [2.05, 4.69) is 25.9 Å². The van der Waals surface area contributed by atoms with Crippen molar-refractivity contribution in [3.8, 4) is 0 Å². The average molecular weight is 563 g/mol. The van der Waals surface area contributed by atoms with Crippen LogP contribution < -0.4 is 21.7 Å². The van der Waals surface area contributed by atoms with Gasteiger partial charge >= 0.3 is 5.97 Å². The van der Waals surface area contributed by atoms with Crippen LogP contribution in [0, 0.1) is 5.92 Å². The molecule has 3 amide bonds. The number of rotatable bonds is 15. The van der Waals surface area contributed by atoms with E-state index in [1.54, 1.807) is 48.5 Å². The molecule has 0 saturated carbocycles. The first-order chi connectivity index (χ1) is 19.7. The number of hydrogen-bond donors (Lipinski definition) is 6. The quantitative estimate of drug-likeness (QED) is 0.162. The summed E-state index contributed by atoms with van der Waals surface area (Å²) in [6, 6.07) is 13.8. The highest BCUT2D eigenvalue weighted by Gasteiger charge is 2.31. The van der Waals surface area contributed by atoms with Gasteiger partial charge < -0.3 is 31.8 Å². The summed E-state index contributed by atoms with van der Waals surface area (Å²) in [6.45, 7) is 3.77. The fourth-order valence-electron chi connectivity index (χ4n) is 4.26. The Morgan fingerprint density at radius 3 is 1.78 bits per heavy atom. The molecule has 3 aromatic rings. The second-order valence-electron chi connectivity index (χ2n) is 10.1. The largest absolute Gasteiger partial charge is 0.480 e. The van der Waals surface area contributed by atoms with Crippen LogP contribution in [0.15, 0.2) is 73.2 Å². The van der Waals surface area contributed by atoms with E-state index in [1.165, 1.54) is 12.5 Å². The van der Waals surface area contributed by atoms with Crippen LogP contribution in [-0.2, 0) is 38.4 Å². The number of imidazole rings is 1. The summed E-state index contributed by atoms with van der Waals surface area (Å²) < 4.78 is 0. The lowest BCUT2D eigenvalue weighted by Crippen LogP contribution is -2.58. The fourth-order valence-corrected chi connectivity index (χ4v) is 4.26. The molecule has 3 rings (SSSR count). The number of benzene rings is 2. The third-order valence-electron chi connectivity index (χ3n) is 6.98. The van der Waals surface area contributed by atoms with E-state index in [1.807, 2.05) is 26.0 Å². The van der Waals surface area contributed by atoms with Crippen molar-refractivity contribution in [1.82, 2.24) is 25.9 Å². The lowest BCUT2D eigenvalue weighted by atomic mass is 9.98. The fraction of sp³-hybridized carbons (Fsp3) is 0.367. The number of carboxylic acids is 1. The molecule has 0 aliphatic carbocycles. The molecule has 0 bridgehead atoms. The molecular weight excluding hydrogens is 524 g/mol. The maximum absolute atomic E-state index is 13.6. The molecule has 11 nitrogen and oxygen atoms in total. The highest BCUT2D eigenvalue weighted by atomic mass is 16.4. The molecule has 0 spiro atoms. The summed E-state index contributed by atoms with van der Waals surface area (Å²) in [4.78, 5) is 58.9. The van der Waals surface area contributed by atoms with Gasteiger partial charge in [-0.15, -0.1) is 0 Å². The number of nitrogens with one attached hydrogen (secondary N) is 4. The van der Waals surface area contributed by atoms with E-state index in [4.69, 9.17) is 5.73 Å². The molecule has 218 valence electrons. The highest BCUT2D eigenvalue weighted by Crippen LogP contribution is 2.10. The molecule has 0 aliphatic heterocycles. The normalized spacial score (nSPS) is 14.6. The standard InChI is InChI=1S/C30H38N6O5/c1-3-19(2)26(31)29(39)35-24(16-22-17-32-18-33-22)28(38)34-23(14-20-10-6-4-7-11-20)27(37)36-25(30(40)41)15-21-12-8-5-9-13-21/h4-13,17-19,23-26H,3,14-16,31H2,1-2H3,(H,32,33)(H,34,38)(H,35,39)(H,36,37)(H,40,41). The first kappa shape index (κ1) is 31.0. The molecule has 5 atom stereocenters. The second-order valence-corrected chi connectivity index (χ2v) is 10.1. The lowest BCUT2D eigenvalue weighted by Gasteiger charge is -2.26. The van der Waals surface area contributed by atoms with Crippen LogP contribution in [0.2, 0.25) is 0 Å². The van der Waals surface area contributed by atoms with E-state index < -0.39 is 47.9 Å². The number of aromatic nitrogens is 2. The van der Waals surface area contributed by atoms with E-state index in [-0.39, 0.29) is 25.2 Å². The molecule has 0 radical (unpaired) electrons. The summed E-state index contributed by atoms with van der Waals surface area (Å²) >= 11 is 0. The third-order valence-corrected chi connectivity index (χ3v) is 6.98. The van der Waals surface area contributed by atoms with E-state index in [9.17, 15) is 24.3 Å². The van der Waals surface area contributed by atoms with Gasteiger partial charge in [-0.05, 0) is 17.0 Å². The van der Waals surface area contributed by atoms with E-state index in [0.29, 0.717) is 12.1 Å². The van der Waals surface area contributed by atoms with Gasteiger partial charge in [0.1, 0.15) is 18.1 Å². The molecule has 1 aromatic heterocycles. The zero-order chi connectivity index (χ0) is 29.8. The Bertz CT molecular complexity index is 1270. The van der Waals surface area contributed by atoms with Crippen LogP contribution in [0.25, 0.3) is 0 Å². The van der Waals surface area contributed by atoms with Gasteiger partial charge in [-0.1, -0.05) is 80.9 Å². The minimum absolute atomic E-state index is 0.0694. The number of hydrogen-bond acceptors (Lipinski definition) is 6. The van der Waals surface area contributed by atoms with Crippen molar-refractivity contribution < 1.29 is 24.3 Å². The number of carbonyl (C=O) groups is 4. The minimum Gasteiger partial charge on any atom is -0.480 e. The van der Waals surface area contributed by atoms with E-state index >= 15 is 0 Å². The number of aliphatic carboxylic acids is 1. The van der Waals surface area contributed by atoms with Crippen LogP contribution in [-0.4, -0.2) is 62.9 Å². The van der Waals surface area contributed by atoms with Crippen molar-refractivity contribution in [2.45, 2.75) is 63.7 Å². The second kappa shape index (κ2) is 15.3. The smallest absolute Gasteiger partial charge is 0.326 e. The SMILES string of the molecule is CCC(C)C(N)C(=O)NC(Cc1cnc[nH]1)C(=O)NC(Cc1ccccc1)C(=O)NC(Cc1ccccc1)C(=O)O. The molecule has 5 unspecified atom stereocenters. The van der Waals surface area contributed by atoms with E-state index in [0.717, 1.165) is 11.1 Å². The van der Waals surface area contributed by atoms with Crippen LogP contribution in [0.1, 0.15) is 37.1 Å². The van der Waals surface area contributed by atoms with Crippen molar-refractivity contribution in [3.63, 3.8) is 0 Å². The van der Waals surface area contributed by atoms with Gasteiger partial charge in [0.05, 0.1) is 12.4 Å². The molecule has 41 heavy (non-hydrogen) atoms. The van der Waals surface area contributed by atoms with Crippen molar-refractivity contribution in [3.05, 3.63) is 90.0 Å². The maximum atomic E-state index is 13.6. The van der Waals surface area contributed by atoms with Crippen LogP contribution in [0.5, 0.6) is 0 Å². The Morgan fingerprint density at radius 1 is 0.805 bits per heavy atom. The van der Waals surface area contributed by atoms with Gasteiger partial charge in [0.25, 0.3) is 0 Å². The van der Waals surface area contributed by atoms with Gasteiger partial charge in [0, 0.05) is 31.2 Å².